The van der Waals surface area contributed by atoms with Crippen molar-refractivity contribution >= 4 is 22.3 Å². The Morgan fingerprint density at radius 2 is 1.10 bits per heavy atom. The van der Waals surface area contributed by atoms with Crippen LogP contribution in [0, 0.1) is 0 Å². The van der Waals surface area contributed by atoms with E-state index >= 15 is 0 Å². The monoisotopic (exact) mass is 378 g/mol. The van der Waals surface area contributed by atoms with E-state index in [0.29, 0.717) is 24.0 Å². The first-order chi connectivity index (χ1) is 14.2. The van der Waals surface area contributed by atoms with Gasteiger partial charge in [0.25, 0.3) is 0 Å². The quantitative estimate of drug-likeness (QED) is 0.345. The second-order valence-electron chi connectivity index (χ2n) is 7.29. The van der Waals surface area contributed by atoms with Crippen LogP contribution in [-0.2, 0) is 0 Å². The summed E-state index contributed by atoms with van der Waals surface area (Å²) in [5.74, 6) is -0.0286. The van der Waals surface area contributed by atoms with E-state index in [2.05, 4.69) is 0 Å². The maximum atomic E-state index is 13.1. The average molecular weight is 378 g/mol. The molecular formula is C27H22O2. The summed E-state index contributed by atoms with van der Waals surface area (Å²) in [6.45, 7) is 0. The second kappa shape index (κ2) is 8.66. The van der Waals surface area contributed by atoms with E-state index in [1.165, 1.54) is 0 Å². The molecule has 29 heavy (non-hydrogen) atoms. The first kappa shape index (κ1) is 18.8. The van der Waals surface area contributed by atoms with E-state index in [1.54, 1.807) is 0 Å². The van der Waals surface area contributed by atoms with Crippen molar-refractivity contribution in [3.63, 3.8) is 0 Å². The maximum absolute atomic E-state index is 13.1. The van der Waals surface area contributed by atoms with Gasteiger partial charge in [-0.3, -0.25) is 9.59 Å². The number of benzene rings is 4. The van der Waals surface area contributed by atoms with Gasteiger partial charge in [-0.2, -0.15) is 0 Å². The molecule has 0 N–H and O–H groups in total. The lowest BCUT2D eigenvalue weighted by molar-refractivity contribution is 0.0944. The number of hydrogen-bond acceptors (Lipinski definition) is 2. The first-order valence-corrected chi connectivity index (χ1v) is 9.86. The summed E-state index contributed by atoms with van der Waals surface area (Å²) in [4.78, 5) is 25.9. The largest absolute Gasteiger partial charge is 0.294 e. The van der Waals surface area contributed by atoms with E-state index in [9.17, 15) is 9.59 Å². The van der Waals surface area contributed by atoms with Crippen LogP contribution in [0.15, 0.2) is 103 Å². The minimum absolute atomic E-state index is 0.0606. The number of rotatable bonds is 7. The second-order valence-corrected chi connectivity index (χ2v) is 7.29. The summed E-state index contributed by atoms with van der Waals surface area (Å²) < 4.78 is 0. The third-order valence-electron chi connectivity index (χ3n) is 5.30. The van der Waals surface area contributed by atoms with Crippen molar-refractivity contribution in [2.75, 3.05) is 0 Å². The Morgan fingerprint density at radius 1 is 0.552 bits per heavy atom. The Balaban J connectivity index is 1.59. The van der Waals surface area contributed by atoms with Crippen LogP contribution in [0.4, 0.5) is 0 Å². The molecule has 4 aromatic rings. The highest BCUT2D eigenvalue weighted by Crippen LogP contribution is 2.28. The van der Waals surface area contributed by atoms with E-state index in [4.69, 9.17) is 0 Å². The van der Waals surface area contributed by atoms with Crippen LogP contribution < -0.4 is 0 Å². The smallest absolute Gasteiger partial charge is 0.163 e. The molecule has 142 valence electrons. The summed E-state index contributed by atoms with van der Waals surface area (Å²) in [7, 11) is 0. The van der Waals surface area contributed by atoms with Gasteiger partial charge in [-0.25, -0.2) is 0 Å². The van der Waals surface area contributed by atoms with E-state index in [0.717, 1.165) is 16.3 Å². The van der Waals surface area contributed by atoms with Gasteiger partial charge in [0.05, 0.1) is 0 Å². The molecule has 0 saturated carbocycles. The van der Waals surface area contributed by atoms with Crippen LogP contribution in [0.1, 0.15) is 45.0 Å². The molecular weight excluding hydrogens is 356 g/mol. The summed E-state index contributed by atoms with van der Waals surface area (Å²) in [6.07, 6.45) is 0.619. The van der Waals surface area contributed by atoms with Gasteiger partial charge in [0, 0.05) is 24.0 Å². The molecule has 2 heteroatoms. The van der Waals surface area contributed by atoms with E-state index in [1.807, 2.05) is 103 Å². The molecule has 0 aliphatic carbocycles. The van der Waals surface area contributed by atoms with Gasteiger partial charge >= 0.3 is 0 Å². The Morgan fingerprint density at radius 3 is 1.79 bits per heavy atom. The Hall–Kier alpha value is -3.52. The van der Waals surface area contributed by atoms with Crippen LogP contribution in [-0.4, -0.2) is 11.6 Å². The molecule has 1 atom stereocenters. The average Bonchev–Trinajstić information content (AvgIpc) is 2.79. The van der Waals surface area contributed by atoms with Gasteiger partial charge in [-0.1, -0.05) is 97.1 Å². The lowest BCUT2D eigenvalue weighted by atomic mass is 9.86. The van der Waals surface area contributed by atoms with E-state index < -0.39 is 0 Å². The van der Waals surface area contributed by atoms with Crippen molar-refractivity contribution in [1.29, 1.82) is 0 Å². The summed E-state index contributed by atoms with van der Waals surface area (Å²) in [6, 6.07) is 33.0. The number of Topliss-reactive ketones (excluding diaryl/α,β-unsaturated/α-hetero) is 2. The summed E-state index contributed by atoms with van der Waals surface area (Å²) in [5, 5.41) is 2.16. The molecule has 4 aromatic carbocycles. The number of hydrogen-bond donors (Lipinski definition) is 0. The van der Waals surface area contributed by atoms with Crippen molar-refractivity contribution in [1.82, 2.24) is 0 Å². The SMILES string of the molecule is O=C(CC(CC(=O)c1ccc2ccccc2c1)c1ccccc1)c1ccccc1. The predicted octanol–water partition coefficient (Wildman–Crippen LogP) is 6.47. The molecule has 2 nitrogen and oxygen atoms in total. The van der Waals surface area contributed by atoms with Gasteiger partial charge in [-0.05, 0) is 28.3 Å². The zero-order valence-corrected chi connectivity index (χ0v) is 16.1. The fraction of sp³-hybridized carbons (Fsp3) is 0.111. The van der Waals surface area contributed by atoms with Crippen LogP contribution in [0.3, 0.4) is 0 Å². The molecule has 0 saturated heterocycles. The molecule has 0 bridgehead atoms. The summed E-state index contributed by atoms with van der Waals surface area (Å²) in [5.41, 5.74) is 2.40. The van der Waals surface area contributed by atoms with Gasteiger partial charge < -0.3 is 0 Å². The van der Waals surface area contributed by atoms with Crippen LogP contribution in [0.25, 0.3) is 10.8 Å². The van der Waals surface area contributed by atoms with Crippen molar-refractivity contribution in [3.05, 3.63) is 120 Å². The maximum Gasteiger partial charge on any atom is 0.163 e. The van der Waals surface area contributed by atoms with Crippen molar-refractivity contribution in [2.45, 2.75) is 18.8 Å². The molecule has 0 radical (unpaired) electrons. The molecule has 0 heterocycles. The van der Waals surface area contributed by atoms with Crippen LogP contribution in [0.5, 0.6) is 0 Å². The molecule has 4 rings (SSSR count). The minimum Gasteiger partial charge on any atom is -0.294 e. The molecule has 0 aliphatic heterocycles. The molecule has 1 unspecified atom stereocenters. The van der Waals surface area contributed by atoms with Crippen molar-refractivity contribution in [2.24, 2.45) is 0 Å². The predicted molar refractivity (Wildman–Crippen MR) is 117 cm³/mol. The van der Waals surface area contributed by atoms with Gasteiger partial charge in [0.2, 0.25) is 0 Å². The number of fused-ring (bicyclic) bond motifs is 1. The molecule has 0 spiro atoms. The normalized spacial score (nSPS) is 11.9. The first-order valence-electron chi connectivity index (χ1n) is 9.86. The zero-order chi connectivity index (χ0) is 20.1. The Kier molecular flexibility index (Phi) is 5.62. The van der Waals surface area contributed by atoms with Gasteiger partial charge in [-0.15, -0.1) is 0 Å². The lowest BCUT2D eigenvalue weighted by Gasteiger charge is -2.16. The topological polar surface area (TPSA) is 34.1 Å². The number of carbonyl (C=O) groups excluding carboxylic acids is 2. The van der Waals surface area contributed by atoms with Crippen molar-refractivity contribution in [3.8, 4) is 0 Å². The fourth-order valence-electron chi connectivity index (χ4n) is 3.70. The molecule has 0 fully saturated rings. The third-order valence-corrected chi connectivity index (χ3v) is 5.30. The zero-order valence-electron chi connectivity index (χ0n) is 16.1. The van der Waals surface area contributed by atoms with Gasteiger partial charge in [0.1, 0.15) is 0 Å². The molecule has 0 aromatic heterocycles. The fourth-order valence-corrected chi connectivity index (χ4v) is 3.70. The van der Waals surface area contributed by atoms with E-state index in [-0.39, 0.29) is 17.5 Å². The lowest BCUT2D eigenvalue weighted by Crippen LogP contribution is -2.12. The standard InChI is InChI=1S/C27H22O2/c28-26(22-12-5-2-6-13-22)18-25(20-9-3-1-4-10-20)19-27(29)24-16-15-21-11-7-8-14-23(21)17-24/h1-17,25H,18-19H2. The molecule has 0 amide bonds. The van der Waals surface area contributed by atoms with Gasteiger partial charge in [0.15, 0.2) is 11.6 Å². The Bertz CT molecular complexity index is 1130. The number of ketones is 2. The Labute approximate surface area is 170 Å². The number of carbonyl (C=O) groups is 2. The molecule has 0 aliphatic rings. The highest BCUT2D eigenvalue weighted by molar-refractivity contribution is 6.01. The van der Waals surface area contributed by atoms with Crippen LogP contribution in [0.2, 0.25) is 0 Å². The highest BCUT2D eigenvalue weighted by Gasteiger charge is 2.21. The summed E-state index contributed by atoms with van der Waals surface area (Å²) >= 11 is 0. The minimum atomic E-state index is -0.150. The third kappa shape index (κ3) is 4.49. The van der Waals surface area contributed by atoms with Crippen molar-refractivity contribution < 1.29 is 9.59 Å². The van der Waals surface area contributed by atoms with Crippen LogP contribution >= 0.6 is 0 Å². The highest BCUT2D eigenvalue weighted by atomic mass is 16.1.